The summed E-state index contributed by atoms with van der Waals surface area (Å²) in [5.74, 6) is 0.381. The third kappa shape index (κ3) is 2.80. The van der Waals surface area contributed by atoms with Gasteiger partial charge >= 0.3 is 0 Å². The summed E-state index contributed by atoms with van der Waals surface area (Å²) in [7, 11) is 0. The highest BCUT2D eigenvalue weighted by Crippen LogP contribution is 2.33. The molecule has 0 aliphatic carbocycles. The summed E-state index contributed by atoms with van der Waals surface area (Å²) >= 11 is 1.75. The normalized spacial score (nSPS) is 14.2. The van der Waals surface area contributed by atoms with E-state index in [1.807, 2.05) is 30.3 Å². The van der Waals surface area contributed by atoms with Crippen LogP contribution in [0.2, 0.25) is 0 Å². The van der Waals surface area contributed by atoms with Gasteiger partial charge in [-0.25, -0.2) is 0 Å². The Balaban J connectivity index is 1.87. The third-order valence-corrected chi connectivity index (χ3v) is 4.92. The fourth-order valence-corrected chi connectivity index (χ4v) is 3.45. The van der Waals surface area contributed by atoms with Gasteiger partial charge in [0, 0.05) is 27.9 Å². The van der Waals surface area contributed by atoms with E-state index < -0.39 is 0 Å². The summed E-state index contributed by atoms with van der Waals surface area (Å²) in [5, 5.41) is 18.1. The number of phenolic OH excluding ortho intramolecular Hbond substituents is 1. The van der Waals surface area contributed by atoms with E-state index in [1.165, 1.54) is 4.88 Å². The van der Waals surface area contributed by atoms with Crippen LogP contribution in [-0.2, 0) is 0 Å². The molecule has 0 bridgehead atoms. The predicted molar refractivity (Wildman–Crippen MR) is 89.9 cm³/mol. The van der Waals surface area contributed by atoms with Crippen LogP contribution in [0.5, 0.6) is 5.75 Å². The van der Waals surface area contributed by atoms with Crippen molar-refractivity contribution < 1.29 is 5.11 Å². The van der Waals surface area contributed by atoms with Gasteiger partial charge in [0.25, 0.3) is 0 Å². The van der Waals surface area contributed by atoms with Gasteiger partial charge < -0.3 is 10.4 Å². The Bertz CT molecular complexity index is 736. The highest BCUT2D eigenvalue weighted by Gasteiger charge is 2.16. The first kappa shape index (κ1) is 14.1. The number of fused-ring (bicyclic) bond motifs is 1. The molecule has 108 valence electrons. The Morgan fingerprint density at radius 3 is 2.52 bits per heavy atom. The maximum absolute atomic E-state index is 10.5. The molecule has 2 atom stereocenters. The number of hydrogen-bond donors (Lipinski definition) is 2. The van der Waals surface area contributed by atoms with Crippen molar-refractivity contribution in [1.29, 1.82) is 0 Å². The van der Waals surface area contributed by atoms with Crippen LogP contribution in [0, 0.1) is 0 Å². The lowest BCUT2D eigenvalue weighted by atomic mass is 10.0. The van der Waals surface area contributed by atoms with Crippen LogP contribution in [0.25, 0.3) is 10.8 Å². The molecular formula is C18H19NOS. The molecule has 2 unspecified atom stereocenters. The number of benzene rings is 2. The van der Waals surface area contributed by atoms with Gasteiger partial charge in [-0.15, -0.1) is 11.3 Å². The zero-order valence-corrected chi connectivity index (χ0v) is 13.0. The summed E-state index contributed by atoms with van der Waals surface area (Å²) in [6, 6.07) is 16.6. The zero-order chi connectivity index (χ0) is 14.8. The number of nitrogens with one attached hydrogen (secondary N) is 1. The molecule has 3 rings (SSSR count). The summed E-state index contributed by atoms with van der Waals surface area (Å²) in [4.78, 5) is 1.31. The van der Waals surface area contributed by atoms with Gasteiger partial charge in [-0.1, -0.05) is 42.5 Å². The van der Waals surface area contributed by atoms with E-state index in [9.17, 15) is 5.11 Å². The second kappa shape index (κ2) is 5.88. The van der Waals surface area contributed by atoms with Crippen LogP contribution in [0.3, 0.4) is 0 Å². The zero-order valence-electron chi connectivity index (χ0n) is 12.2. The lowest BCUT2D eigenvalue weighted by Gasteiger charge is -2.21. The van der Waals surface area contributed by atoms with Gasteiger partial charge in [0.1, 0.15) is 5.75 Å². The molecule has 0 spiro atoms. The molecule has 2 nitrogen and oxygen atoms in total. The van der Waals surface area contributed by atoms with Crippen molar-refractivity contribution >= 4 is 22.1 Å². The molecule has 0 radical (unpaired) electrons. The quantitative estimate of drug-likeness (QED) is 0.708. The Hall–Kier alpha value is -1.84. The van der Waals surface area contributed by atoms with Crippen molar-refractivity contribution in [1.82, 2.24) is 5.32 Å². The lowest BCUT2D eigenvalue weighted by molar-refractivity contribution is 0.445. The average Bonchev–Trinajstić information content (AvgIpc) is 3.02. The second-order valence-corrected chi connectivity index (χ2v) is 6.33. The molecule has 1 aromatic heterocycles. The van der Waals surface area contributed by atoms with Crippen LogP contribution in [0.1, 0.15) is 36.4 Å². The van der Waals surface area contributed by atoms with Crippen LogP contribution in [0.15, 0.2) is 53.9 Å². The van der Waals surface area contributed by atoms with Crippen LogP contribution >= 0.6 is 11.3 Å². The third-order valence-electron chi connectivity index (χ3n) is 3.87. The highest BCUT2D eigenvalue weighted by molar-refractivity contribution is 7.10. The summed E-state index contributed by atoms with van der Waals surface area (Å²) in [6.45, 7) is 4.24. The molecule has 3 heteroatoms. The molecule has 1 heterocycles. The van der Waals surface area contributed by atoms with Crippen LogP contribution < -0.4 is 5.32 Å². The minimum Gasteiger partial charge on any atom is -0.507 e. The standard InChI is InChI=1S/C18H19NOS/c1-12(19-13(2)17-8-5-11-21-17)15-10-9-14-6-3-4-7-16(14)18(15)20/h3-13,19-20H,1-2H3. The van der Waals surface area contributed by atoms with Gasteiger partial charge in [0.15, 0.2) is 0 Å². The summed E-state index contributed by atoms with van der Waals surface area (Å²) < 4.78 is 0. The predicted octanol–water partition coefficient (Wildman–Crippen LogP) is 5.02. The second-order valence-electron chi connectivity index (χ2n) is 5.35. The van der Waals surface area contributed by atoms with E-state index >= 15 is 0 Å². The lowest BCUT2D eigenvalue weighted by Crippen LogP contribution is -2.21. The van der Waals surface area contributed by atoms with Gasteiger partial charge in [-0.3, -0.25) is 0 Å². The van der Waals surface area contributed by atoms with Gasteiger partial charge in [0.05, 0.1) is 0 Å². The molecule has 2 N–H and O–H groups in total. The fourth-order valence-electron chi connectivity index (χ4n) is 2.71. The average molecular weight is 297 g/mol. The van der Waals surface area contributed by atoms with Crippen molar-refractivity contribution in [3.8, 4) is 5.75 Å². The molecule has 0 fully saturated rings. The number of thiophene rings is 1. The van der Waals surface area contributed by atoms with Gasteiger partial charge in [-0.05, 0) is 30.7 Å². The highest BCUT2D eigenvalue weighted by atomic mass is 32.1. The molecule has 0 saturated heterocycles. The van der Waals surface area contributed by atoms with E-state index in [0.29, 0.717) is 5.75 Å². The Labute approximate surface area is 129 Å². The van der Waals surface area contributed by atoms with Gasteiger partial charge in [0.2, 0.25) is 0 Å². The van der Waals surface area contributed by atoms with Crippen molar-refractivity contribution in [2.24, 2.45) is 0 Å². The largest absolute Gasteiger partial charge is 0.507 e. The Morgan fingerprint density at radius 2 is 1.76 bits per heavy atom. The molecule has 21 heavy (non-hydrogen) atoms. The number of hydrogen-bond acceptors (Lipinski definition) is 3. The van der Waals surface area contributed by atoms with E-state index in [4.69, 9.17) is 0 Å². The summed E-state index contributed by atoms with van der Waals surface area (Å²) in [6.07, 6.45) is 0. The van der Waals surface area contributed by atoms with Crippen LogP contribution in [-0.4, -0.2) is 5.11 Å². The molecular weight excluding hydrogens is 278 g/mol. The van der Waals surface area contributed by atoms with Crippen LogP contribution in [0.4, 0.5) is 0 Å². The van der Waals surface area contributed by atoms with Crippen molar-refractivity contribution in [2.75, 3.05) is 0 Å². The fraction of sp³-hybridized carbons (Fsp3) is 0.222. The molecule has 0 amide bonds. The molecule has 0 aliphatic heterocycles. The maximum Gasteiger partial charge on any atom is 0.128 e. The first-order chi connectivity index (χ1) is 10.2. The Morgan fingerprint density at radius 1 is 0.952 bits per heavy atom. The van der Waals surface area contributed by atoms with E-state index in [2.05, 4.69) is 42.7 Å². The molecule has 2 aromatic carbocycles. The van der Waals surface area contributed by atoms with Gasteiger partial charge in [-0.2, -0.15) is 0 Å². The first-order valence-corrected chi connectivity index (χ1v) is 8.05. The first-order valence-electron chi connectivity index (χ1n) is 7.17. The van der Waals surface area contributed by atoms with E-state index in [1.54, 1.807) is 11.3 Å². The molecule has 0 aliphatic rings. The number of aromatic hydroxyl groups is 1. The van der Waals surface area contributed by atoms with E-state index in [-0.39, 0.29) is 12.1 Å². The monoisotopic (exact) mass is 297 g/mol. The molecule has 0 saturated carbocycles. The maximum atomic E-state index is 10.5. The number of rotatable bonds is 4. The summed E-state index contributed by atoms with van der Waals surface area (Å²) in [5.41, 5.74) is 0.942. The SMILES string of the molecule is CC(NC(C)c1ccc2ccccc2c1O)c1cccs1. The Kier molecular flexibility index (Phi) is 3.95. The topological polar surface area (TPSA) is 32.3 Å². The van der Waals surface area contributed by atoms with Crippen molar-refractivity contribution in [3.05, 3.63) is 64.4 Å². The minimum atomic E-state index is 0.0895. The van der Waals surface area contributed by atoms with Crippen molar-refractivity contribution in [2.45, 2.75) is 25.9 Å². The molecule has 3 aromatic rings. The number of phenols is 1. The van der Waals surface area contributed by atoms with E-state index in [0.717, 1.165) is 16.3 Å². The smallest absolute Gasteiger partial charge is 0.128 e. The van der Waals surface area contributed by atoms with Crippen molar-refractivity contribution in [3.63, 3.8) is 0 Å². The minimum absolute atomic E-state index is 0.0895.